The van der Waals surface area contributed by atoms with Crippen LogP contribution in [0.15, 0.2) is 0 Å². The summed E-state index contributed by atoms with van der Waals surface area (Å²) in [5.41, 5.74) is 2.40. The minimum Gasteiger partial charge on any atom is -0.392 e. The highest BCUT2D eigenvalue weighted by atomic mass is 16.5. The van der Waals surface area contributed by atoms with Crippen LogP contribution in [0.3, 0.4) is 0 Å². The molecule has 0 bridgehead atoms. The van der Waals surface area contributed by atoms with Crippen LogP contribution in [0.2, 0.25) is 0 Å². The first-order valence-corrected chi connectivity index (χ1v) is 9.22. The molecule has 0 aliphatic carbocycles. The number of nitrogens with zero attached hydrogens (tertiary/aromatic N) is 3. The molecule has 2 unspecified atom stereocenters. The van der Waals surface area contributed by atoms with Gasteiger partial charge < -0.3 is 20.1 Å². The smallest absolute Gasteiger partial charge is 0.131 e. The van der Waals surface area contributed by atoms with E-state index in [2.05, 4.69) is 37.9 Å². The largest absolute Gasteiger partial charge is 0.392 e. The molecule has 0 amide bonds. The zero-order chi connectivity index (χ0) is 17.7. The van der Waals surface area contributed by atoms with Crippen LogP contribution in [0.4, 0.5) is 5.82 Å². The normalized spacial score (nSPS) is 18.2. The summed E-state index contributed by atoms with van der Waals surface area (Å²) in [7, 11) is 2.02. The molecule has 24 heavy (non-hydrogen) atoms. The third-order valence-corrected chi connectivity index (χ3v) is 4.96. The van der Waals surface area contributed by atoms with E-state index in [0.29, 0.717) is 18.4 Å². The van der Waals surface area contributed by atoms with Crippen LogP contribution >= 0.6 is 0 Å². The molecule has 6 heteroatoms. The second-order valence-corrected chi connectivity index (χ2v) is 7.15. The molecule has 1 fully saturated rings. The van der Waals surface area contributed by atoms with Crippen molar-refractivity contribution in [2.45, 2.75) is 52.7 Å². The number of rotatable bonds is 8. The molecule has 2 N–H and O–H groups in total. The Morgan fingerprint density at radius 1 is 1.25 bits per heavy atom. The summed E-state index contributed by atoms with van der Waals surface area (Å²) < 4.78 is 7.49. The number of aromatic nitrogens is 2. The third kappa shape index (κ3) is 4.49. The molecule has 1 saturated heterocycles. The fourth-order valence-electron chi connectivity index (χ4n) is 3.20. The summed E-state index contributed by atoms with van der Waals surface area (Å²) in [4.78, 5) is 2.37. The van der Waals surface area contributed by atoms with E-state index in [9.17, 15) is 5.11 Å². The highest BCUT2D eigenvalue weighted by molar-refractivity contribution is 5.51. The van der Waals surface area contributed by atoms with E-state index in [1.165, 1.54) is 11.4 Å². The number of aliphatic hydroxyl groups is 1. The van der Waals surface area contributed by atoms with Crippen molar-refractivity contribution in [2.24, 2.45) is 13.0 Å². The lowest BCUT2D eigenvalue weighted by Gasteiger charge is -2.30. The molecular weight excluding hydrogens is 304 g/mol. The summed E-state index contributed by atoms with van der Waals surface area (Å²) in [6.07, 6.45) is 0.687. The first-order chi connectivity index (χ1) is 11.5. The standard InChI is InChI=1S/C18H34N4O2/c1-6-14(4)16(23)12-19-11-15-17(13(2)3)20-21(5)18(15)22-7-9-24-10-8-22/h13-14,16,19,23H,6-12H2,1-5H3. The predicted molar refractivity (Wildman–Crippen MR) is 97.5 cm³/mol. The third-order valence-electron chi connectivity index (χ3n) is 4.96. The Hall–Kier alpha value is -1.11. The van der Waals surface area contributed by atoms with Crippen molar-refractivity contribution in [3.63, 3.8) is 0 Å². The predicted octanol–water partition coefficient (Wildman–Crippen LogP) is 1.88. The number of hydrogen-bond acceptors (Lipinski definition) is 5. The maximum atomic E-state index is 10.2. The van der Waals surface area contributed by atoms with E-state index >= 15 is 0 Å². The quantitative estimate of drug-likeness (QED) is 0.758. The summed E-state index contributed by atoms with van der Waals surface area (Å²) in [6, 6.07) is 0. The van der Waals surface area contributed by atoms with E-state index in [-0.39, 0.29) is 6.10 Å². The van der Waals surface area contributed by atoms with Crippen molar-refractivity contribution in [1.82, 2.24) is 15.1 Å². The van der Waals surface area contributed by atoms with E-state index < -0.39 is 0 Å². The maximum Gasteiger partial charge on any atom is 0.131 e. The Morgan fingerprint density at radius 3 is 2.50 bits per heavy atom. The van der Waals surface area contributed by atoms with Crippen molar-refractivity contribution in [1.29, 1.82) is 0 Å². The number of aliphatic hydroxyl groups excluding tert-OH is 1. The van der Waals surface area contributed by atoms with Crippen LogP contribution in [0.5, 0.6) is 0 Å². The van der Waals surface area contributed by atoms with Crippen molar-refractivity contribution in [3.8, 4) is 0 Å². The molecule has 1 aliphatic heterocycles. The Morgan fingerprint density at radius 2 is 1.92 bits per heavy atom. The van der Waals surface area contributed by atoms with Gasteiger partial charge in [-0.15, -0.1) is 0 Å². The van der Waals surface area contributed by atoms with Gasteiger partial charge in [0.05, 0.1) is 25.0 Å². The van der Waals surface area contributed by atoms with Gasteiger partial charge in [0.1, 0.15) is 5.82 Å². The van der Waals surface area contributed by atoms with Crippen molar-refractivity contribution < 1.29 is 9.84 Å². The average molecular weight is 338 g/mol. The highest BCUT2D eigenvalue weighted by Gasteiger charge is 2.24. The van der Waals surface area contributed by atoms with Crippen molar-refractivity contribution in [3.05, 3.63) is 11.3 Å². The lowest BCUT2D eigenvalue weighted by molar-refractivity contribution is 0.112. The van der Waals surface area contributed by atoms with Gasteiger partial charge in [-0.25, -0.2) is 0 Å². The number of ether oxygens (including phenoxy) is 1. The molecule has 2 atom stereocenters. The van der Waals surface area contributed by atoms with Gasteiger partial charge in [0.25, 0.3) is 0 Å². The monoisotopic (exact) mass is 338 g/mol. The molecule has 0 aromatic carbocycles. The zero-order valence-corrected chi connectivity index (χ0v) is 15.9. The minimum absolute atomic E-state index is 0.305. The fourth-order valence-corrected chi connectivity index (χ4v) is 3.20. The van der Waals surface area contributed by atoms with Gasteiger partial charge >= 0.3 is 0 Å². The van der Waals surface area contributed by atoms with Crippen LogP contribution in [0, 0.1) is 5.92 Å². The van der Waals surface area contributed by atoms with E-state index in [0.717, 1.165) is 45.0 Å². The van der Waals surface area contributed by atoms with E-state index in [1.807, 2.05) is 11.7 Å². The summed E-state index contributed by atoms with van der Waals surface area (Å²) >= 11 is 0. The molecule has 1 aromatic rings. The average Bonchev–Trinajstić information content (AvgIpc) is 2.91. The van der Waals surface area contributed by atoms with Gasteiger partial charge in [-0.2, -0.15) is 5.10 Å². The molecule has 6 nitrogen and oxygen atoms in total. The number of hydrogen-bond donors (Lipinski definition) is 2. The Labute approximate surface area is 146 Å². The van der Waals surface area contributed by atoms with E-state index in [4.69, 9.17) is 9.84 Å². The second-order valence-electron chi connectivity index (χ2n) is 7.15. The molecule has 0 saturated carbocycles. The first-order valence-electron chi connectivity index (χ1n) is 9.22. The SMILES string of the molecule is CCC(C)C(O)CNCc1c(C(C)C)nn(C)c1N1CCOCC1. The van der Waals surface area contributed by atoms with Crippen LogP contribution < -0.4 is 10.2 Å². The molecule has 2 rings (SSSR count). The summed E-state index contributed by atoms with van der Waals surface area (Å²) in [5.74, 6) is 1.88. The molecule has 1 aliphatic rings. The maximum absolute atomic E-state index is 10.2. The van der Waals surface area contributed by atoms with Gasteiger partial charge in [0, 0.05) is 38.8 Å². The van der Waals surface area contributed by atoms with Crippen LogP contribution in [0.1, 0.15) is 51.3 Å². The molecular formula is C18H34N4O2. The van der Waals surface area contributed by atoms with Gasteiger partial charge in [-0.1, -0.05) is 34.1 Å². The van der Waals surface area contributed by atoms with Crippen molar-refractivity contribution >= 4 is 5.82 Å². The molecule has 138 valence electrons. The Balaban J connectivity index is 2.13. The Bertz CT molecular complexity index is 509. The topological polar surface area (TPSA) is 62.5 Å². The minimum atomic E-state index is -0.305. The summed E-state index contributed by atoms with van der Waals surface area (Å²) in [6.45, 7) is 13.3. The molecule has 2 heterocycles. The number of anilines is 1. The van der Waals surface area contributed by atoms with Gasteiger partial charge in [-0.05, 0) is 11.8 Å². The number of aryl methyl sites for hydroxylation is 1. The first kappa shape index (κ1) is 19.2. The highest BCUT2D eigenvalue weighted by Crippen LogP contribution is 2.29. The van der Waals surface area contributed by atoms with E-state index in [1.54, 1.807) is 0 Å². The molecule has 1 aromatic heterocycles. The van der Waals surface area contributed by atoms with Gasteiger partial charge in [-0.3, -0.25) is 4.68 Å². The number of morpholine rings is 1. The fraction of sp³-hybridized carbons (Fsp3) is 0.833. The van der Waals surface area contributed by atoms with Crippen LogP contribution in [-0.2, 0) is 18.3 Å². The van der Waals surface area contributed by atoms with Crippen molar-refractivity contribution in [2.75, 3.05) is 37.7 Å². The van der Waals surface area contributed by atoms with Gasteiger partial charge in [0.15, 0.2) is 0 Å². The lowest BCUT2D eigenvalue weighted by Crippen LogP contribution is -2.38. The van der Waals surface area contributed by atoms with Gasteiger partial charge in [0.2, 0.25) is 0 Å². The zero-order valence-electron chi connectivity index (χ0n) is 15.9. The molecule has 0 radical (unpaired) electrons. The lowest BCUT2D eigenvalue weighted by atomic mass is 10.0. The summed E-state index contributed by atoms with van der Waals surface area (Å²) in [5, 5.41) is 18.4. The second kappa shape index (κ2) is 8.83. The molecule has 0 spiro atoms. The Kier molecular flexibility index (Phi) is 7.07. The van der Waals surface area contributed by atoms with Crippen LogP contribution in [0.25, 0.3) is 0 Å². The van der Waals surface area contributed by atoms with Crippen LogP contribution in [-0.4, -0.2) is 53.8 Å². The number of nitrogens with one attached hydrogen (secondary N) is 1.